The number of ether oxygens (including phenoxy) is 2. The van der Waals surface area contributed by atoms with Crippen LogP contribution in [0.5, 0.6) is 0 Å². The lowest BCUT2D eigenvalue weighted by atomic mass is 10.0. The van der Waals surface area contributed by atoms with Crippen LogP contribution in [0.15, 0.2) is 0 Å². The minimum absolute atomic E-state index is 0.0619. The zero-order valence-electron chi connectivity index (χ0n) is 19.1. The highest BCUT2D eigenvalue weighted by Crippen LogP contribution is 2.39. The zero-order chi connectivity index (χ0) is 22.8. The normalized spacial score (nSPS) is 17.9. The van der Waals surface area contributed by atoms with Crippen LogP contribution in [-0.4, -0.2) is 38.0 Å². The number of hydrogen-bond acceptors (Lipinski definition) is 2. The summed E-state index contributed by atoms with van der Waals surface area (Å²) >= 11 is 0. The average molecular weight is 459 g/mol. The molecule has 0 saturated carbocycles. The summed E-state index contributed by atoms with van der Waals surface area (Å²) in [4.78, 5) is 0. The molecule has 186 valence electrons. The van der Waals surface area contributed by atoms with Gasteiger partial charge in [0.1, 0.15) is 0 Å². The summed E-state index contributed by atoms with van der Waals surface area (Å²) in [5, 5.41) is 0. The number of unbranched alkanes of at least 4 members (excludes halogenated alkanes) is 13. The first-order valence-electron chi connectivity index (χ1n) is 12.5. The van der Waals surface area contributed by atoms with Gasteiger partial charge in [-0.05, 0) is 32.1 Å². The van der Waals surface area contributed by atoms with Crippen molar-refractivity contribution in [3.8, 4) is 0 Å². The fraction of sp³-hybridized carbons (Fsp3) is 1.00. The largest absolute Gasteiger partial charge is 0.453 e. The maximum Gasteiger partial charge on any atom is 0.453 e. The molecule has 1 heterocycles. The molecule has 7 heteroatoms. The number of rotatable bonds is 19. The van der Waals surface area contributed by atoms with E-state index in [1.54, 1.807) is 0 Å². The predicted octanol–water partition coefficient (Wildman–Crippen LogP) is 8.62. The molecule has 2 nitrogen and oxygen atoms in total. The van der Waals surface area contributed by atoms with Gasteiger partial charge in [0.2, 0.25) is 0 Å². The van der Waals surface area contributed by atoms with Crippen LogP contribution in [0.2, 0.25) is 0 Å². The molecule has 1 atom stereocenters. The maximum absolute atomic E-state index is 12.8. The van der Waals surface area contributed by atoms with Gasteiger partial charge in [-0.25, -0.2) is 0 Å². The fourth-order valence-corrected chi connectivity index (χ4v) is 3.97. The van der Waals surface area contributed by atoms with Crippen molar-refractivity contribution in [1.29, 1.82) is 0 Å². The van der Waals surface area contributed by atoms with E-state index in [1.807, 2.05) is 0 Å². The lowest BCUT2D eigenvalue weighted by molar-refractivity contribution is -0.284. The highest BCUT2D eigenvalue weighted by molar-refractivity contribution is 4.75. The molecule has 0 aliphatic carbocycles. The van der Waals surface area contributed by atoms with Crippen LogP contribution >= 0.6 is 0 Å². The van der Waals surface area contributed by atoms with Gasteiger partial charge in [0.25, 0.3) is 0 Å². The molecule has 1 aliphatic heterocycles. The average Bonchev–Trinajstić information content (AvgIpc) is 2.72. The quantitative estimate of drug-likeness (QED) is 0.142. The summed E-state index contributed by atoms with van der Waals surface area (Å²) in [6.07, 6.45) is 11.4. The SMILES string of the molecule is FC(F)(F)C(F)(F)CCCCCCCCCCCCCCCCOCC1CCCCO1. The Morgan fingerprint density at radius 2 is 1.13 bits per heavy atom. The summed E-state index contributed by atoms with van der Waals surface area (Å²) in [7, 11) is 0. The first-order valence-corrected chi connectivity index (χ1v) is 12.5. The van der Waals surface area contributed by atoms with Crippen LogP contribution in [0, 0.1) is 0 Å². The van der Waals surface area contributed by atoms with Gasteiger partial charge in [0.05, 0.1) is 12.7 Å². The first kappa shape index (κ1) is 28.6. The van der Waals surface area contributed by atoms with E-state index in [9.17, 15) is 22.0 Å². The van der Waals surface area contributed by atoms with E-state index in [1.165, 1.54) is 57.8 Å². The molecule has 0 aromatic rings. The van der Waals surface area contributed by atoms with Gasteiger partial charge in [-0.15, -0.1) is 0 Å². The van der Waals surface area contributed by atoms with Crippen molar-refractivity contribution in [2.24, 2.45) is 0 Å². The highest BCUT2D eigenvalue weighted by atomic mass is 19.4. The van der Waals surface area contributed by atoms with E-state index in [4.69, 9.17) is 9.47 Å². The monoisotopic (exact) mass is 458 g/mol. The lowest BCUT2D eigenvalue weighted by Gasteiger charge is -2.22. The molecule has 0 radical (unpaired) electrons. The van der Waals surface area contributed by atoms with Crippen LogP contribution in [-0.2, 0) is 9.47 Å². The van der Waals surface area contributed by atoms with Crippen molar-refractivity contribution < 1.29 is 31.4 Å². The highest BCUT2D eigenvalue weighted by Gasteiger charge is 2.56. The summed E-state index contributed by atoms with van der Waals surface area (Å²) < 4.78 is 73.0. The minimum Gasteiger partial charge on any atom is -0.379 e. The third-order valence-electron chi connectivity index (χ3n) is 6.02. The van der Waals surface area contributed by atoms with Gasteiger partial charge in [-0.2, -0.15) is 22.0 Å². The summed E-state index contributed by atoms with van der Waals surface area (Å²) in [6.45, 7) is 2.46. The van der Waals surface area contributed by atoms with Crippen LogP contribution in [0.1, 0.15) is 116 Å². The third-order valence-corrected chi connectivity index (χ3v) is 6.02. The van der Waals surface area contributed by atoms with E-state index in [0.717, 1.165) is 58.3 Å². The van der Waals surface area contributed by atoms with Crippen LogP contribution < -0.4 is 0 Å². The molecule has 1 fully saturated rings. The standard InChI is InChI=1S/C24H43F5O2/c25-23(26,24(27,28)29)18-14-11-9-7-5-3-1-2-4-6-8-10-12-15-19-30-21-22-17-13-16-20-31-22/h22H,1-21H2. The molecular weight excluding hydrogens is 415 g/mol. The number of halogens is 5. The van der Waals surface area contributed by atoms with Gasteiger partial charge in [-0.3, -0.25) is 0 Å². The van der Waals surface area contributed by atoms with Crippen molar-refractivity contribution in [2.75, 3.05) is 19.8 Å². The maximum atomic E-state index is 12.8. The predicted molar refractivity (Wildman–Crippen MR) is 115 cm³/mol. The van der Waals surface area contributed by atoms with E-state index in [-0.39, 0.29) is 6.42 Å². The van der Waals surface area contributed by atoms with Gasteiger partial charge in [0.15, 0.2) is 0 Å². The summed E-state index contributed by atoms with van der Waals surface area (Å²) in [5.74, 6) is -4.54. The van der Waals surface area contributed by atoms with Gasteiger partial charge < -0.3 is 9.47 Å². The second-order valence-corrected chi connectivity index (χ2v) is 8.97. The molecule has 0 amide bonds. The Balaban J connectivity index is 1.72. The Morgan fingerprint density at radius 1 is 0.645 bits per heavy atom. The lowest BCUT2D eigenvalue weighted by Crippen LogP contribution is -2.36. The summed E-state index contributed by atoms with van der Waals surface area (Å²) in [5.41, 5.74) is 0. The third kappa shape index (κ3) is 15.1. The van der Waals surface area contributed by atoms with Crippen molar-refractivity contribution in [1.82, 2.24) is 0 Å². The molecule has 0 spiro atoms. The molecular formula is C24H43F5O2. The van der Waals surface area contributed by atoms with Crippen molar-refractivity contribution >= 4 is 0 Å². The zero-order valence-corrected chi connectivity index (χ0v) is 19.1. The molecule has 0 aromatic carbocycles. The van der Waals surface area contributed by atoms with E-state index in [0.29, 0.717) is 12.5 Å². The molecule has 1 rings (SSSR count). The second-order valence-electron chi connectivity index (χ2n) is 8.97. The molecule has 0 bridgehead atoms. The number of alkyl halides is 5. The molecule has 1 saturated heterocycles. The molecule has 31 heavy (non-hydrogen) atoms. The van der Waals surface area contributed by atoms with E-state index < -0.39 is 18.5 Å². The van der Waals surface area contributed by atoms with Gasteiger partial charge in [-0.1, -0.05) is 77.0 Å². The Morgan fingerprint density at radius 3 is 1.58 bits per heavy atom. The minimum atomic E-state index is -5.41. The van der Waals surface area contributed by atoms with Crippen molar-refractivity contribution in [3.05, 3.63) is 0 Å². The Labute approximate surface area is 185 Å². The smallest absolute Gasteiger partial charge is 0.379 e. The molecule has 0 N–H and O–H groups in total. The Hall–Kier alpha value is -0.430. The van der Waals surface area contributed by atoms with Gasteiger partial charge in [0, 0.05) is 19.6 Å². The van der Waals surface area contributed by atoms with Crippen molar-refractivity contribution in [3.63, 3.8) is 0 Å². The number of hydrogen-bond donors (Lipinski definition) is 0. The second kappa shape index (κ2) is 17.1. The first-order chi connectivity index (χ1) is 14.8. The van der Waals surface area contributed by atoms with Crippen LogP contribution in [0.3, 0.4) is 0 Å². The Bertz CT molecular complexity index is 409. The molecule has 1 unspecified atom stereocenters. The fourth-order valence-electron chi connectivity index (χ4n) is 3.97. The topological polar surface area (TPSA) is 18.5 Å². The van der Waals surface area contributed by atoms with E-state index >= 15 is 0 Å². The van der Waals surface area contributed by atoms with Crippen LogP contribution in [0.4, 0.5) is 22.0 Å². The molecule has 1 aliphatic rings. The van der Waals surface area contributed by atoms with Crippen LogP contribution in [0.25, 0.3) is 0 Å². The van der Waals surface area contributed by atoms with E-state index in [2.05, 4.69) is 0 Å². The Kier molecular flexibility index (Phi) is 15.8. The van der Waals surface area contributed by atoms with Gasteiger partial charge >= 0.3 is 12.1 Å². The molecule has 0 aromatic heterocycles. The summed E-state index contributed by atoms with van der Waals surface area (Å²) in [6, 6.07) is 0. The van der Waals surface area contributed by atoms with Crippen molar-refractivity contribution in [2.45, 2.75) is 134 Å².